The lowest BCUT2D eigenvalue weighted by atomic mass is 10.5. The molecule has 2 rings (SSSR count). The van der Waals surface area contributed by atoms with Crippen LogP contribution in [0.1, 0.15) is 0 Å². The van der Waals surface area contributed by atoms with Gasteiger partial charge in [0.05, 0.1) is 12.9 Å². The lowest BCUT2D eigenvalue weighted by molar-refractivity contribution is 0.112. The van der Waals surface area contributed by atoms with Crippen LogP contribution >= 0.6 is 45.7 Å². The summed E-state index contributed by atoms with van der Waals surface area (Å²) in [6.45, 7) is -0.00242. The molecule has 2 aromatic rings. The first-order chi connectivity index (χ1) is 11.3. The maximum atomic E-state index is 11.7. The zero-order chi connectivity index (χ0) is 17.8. The SMILES string of the molecule is Nc1ncnc2c1ncn2CCOC(S[PH2]=O)(S[PH2]=O)P(=O)(O)O. The molecule has 2 heterocycles. The quantitative estimate of drug-likeness (QED) is 0.379. The third-order valence-electron chi connectivity index (χ3n) is 2.80. The first kappa shape index (κ1) is 19.9. The predicted molar refractivity (Wildman–Crippen MR) is 96.4 cm³/mol. The second-order valence-corrected chi connectivity index (χ2v) is 11.4. The standard InChI is InChI=1S/C8H14N5O6P3S2/c9-6-5-7(11-3-10-6)13(4-12-5)1-2-19-8(23-20-14,24-21-15)22(16,17)18/h3-4H,1-2,20-21H2,(H2,9,10,11)(H2,16,17,18). The summed E-state index contributed by atoms with van der Waals surface area (Å²) in [4.78, 5) is 30.9. The Kier molecular flexibility index (Phi) is 6.92. The Hall–Kier alpha value is -0.380. The summed E-state index contributed by atoms with van der Waals surface area (Å²) in [5, 5.41) is 0. The highest BCUT2D eigenvalue weighted by Gasteiger charge is 2.50. The Morgan fingerprint density at radius 3 is 2.54 bits per heavy atom. The summed E-state index contributed by atoms with van der Waals surface area (Å²) in [6, 6.07) is 0. The van der Waals surface area contributed by atoms with Gasteiger partial charge in [0, 0.05) is 6.54 Å². The smallest absolute Gasteiger partial charge is 0.379 e. The minimum atomic E-state index is -4.83. The third kappa shape index (κ3) is 4.23. The molecule has 0 spiro atoms. The number of rotatable bonds is 9. The lowest BCUT2D eigenvalue weighted by Crippen LogP contribution is -2.24. The molecule has 0 aromatic carbocycles. The van der Waals surface area contributed by atoms with Crippen LogP contribution < -0.4 is 5.73 Å². The molecule has 2 atom stereocenters. The fourth-order valence-electron chi connectivity index (χ4n) is 1.77. The van der Waals surface area contributed by atoms with Gasteiger partial charge in [0.1, 0.15) is 27.2 Å². The van der Waals surface area contributed by atoms with E-state index in [0.717, 1.165) is 0 Å². The van der Waals surface area contributed by atoms with Gasteiger partial charge in [-0.1, -0.05) is 0 Å². The van der Waals surface area contributed by atoms with E-state index in [1.807, 2.05) is 0 Å². The monoisotopic (exact) mass is 433 g/mol. The molecule has 0 amide bonds. The van der Waals surface area contributed by atoms with E-state index in [4.69, 9.17) is 10.5 Å². The molecule has 0 saturated heterocycles. The van der Waals surface area contributed by atoms with Gasteiger partial charge in [-0.05, 0) is 22.8 Å². The highest BCUT2D eigenvalue weighted by atomic mass is 32.7. The second kappa shape index (κ2) is 8.33. The molecular formula is C8H14N5O6P3S2. The summed E-state index contributed by atoms with van der Waals surface area (Å²) in [7, 11) is -7.98. The number of nitrogens with zero attached hydrogens (tertiary/aromatic N) is 4. The first-order valence-electron chi connectivity index (χ1n) is 6.18. The van der Waals surface area contributed by atoms with E-state index in [1.54, 1.807) is 4.57 Å². The van der Waals surface area contributed by atoms with Crippen molar-refractivity contribution in [3.05, 3.63) is 12.7 Å². The molecular weight excluding hydrogens is 419 g/mol. The average molecular weight is 433 g/mol. The summed E-state index contributed by atoms with van der Waals surface area (Å²) in [5.41, 5.74) is 6.51. The molecule has 0 fully saturated rings. The first-order valence-corrected chi connectivity index (χ1v) is 13.3. The van der Waals surface area contributed by atoms with E-state index in [0.29, 0.717) is 33.9 Å². The number of hydrogen-bond donors (Lipinski definition) is 3. The molecule has 134 valence electrons. The number of hydrogen-bond acceptors (Lipinski definition) is 10. The Morgan fingerprint density at radius 2 is 1.96 bits per heavy atom. The van der Waals surface area contributed by atoms with Crippen molar-refractivity contribution in [2.24, 2.45) is 0 Å². The molecule has 0 aliphatic carbocycles. The Balaban J connectivity index is 2.17. The molecule has 0 bridgehead atoms. The van der Waals surface area contributed by atoms with Gasteiger partial charge in [-0.3, -0.25) is 4.57 Å². The second-order valence-electron chi connectivity index (χ2n) is 4.21. The molecule has 0 aliphatic heterocycles. The van der Waals surface area contributed by atoms with Crippen LogP contribution in [0.25, 0.3) is 11.2 Å². The summed E-state index contributed by atoms with van der Waals surface area (Å²) >= 11 is 0.909. The number of ether oxygens (including phenoxy) is 1. The van der Waals surface area contributed by atoms with Crippen LogP contribution in [0.5, 0.6) is 0 Å². The van der Waals surface area contributed by atoms with Gasteiger partial charge in [-0.15, -0.1) is 0 Å². The Bertz CT molecular complexity index is 790. The van der Waals surface area contributed by atoms with Crippen LogP contribution in [-0.4, -0.2) is 39.9 Å². The third-order valence-corrected chi connectivity index (χ3v) is 12.1. The highest BCUT2D eigenvalue weighted by Crippen LogP contribution is 2.68. The molecule has 0 radical (unpaired) electrons. The van der Waals surface area contributed by atoms with Crippen LogP contribution in [-0.2, 0) is 25.0 Å². The normalized spacial score (nSPS) is 15.8. The van der Waals surface area contributed by atoms with Gasteiger partial charge >= 0.3 is 7.60 Å². The fraction of sp³-hybridized carbons (Fsp3) is 0.375. The van der Waals surface area contributed by atoms with E-state index in [2.05, 4.69) is 15.0 Å². The van der Waals surface area contributed by atoms with Crippen LogP contribution in [0.15, 0.2) is 12.7 Å². The zero-order valence-corrected chi connectivity index (χ0v) is 16.7. The predicted octanol–water partition coefficient (Wildman–Crippen LogP) is 1.02. The molecule has 24 heavy (non-hydrogen) atoms. The minimum Gasteiger partial charge on any atom is -0.382 e. The Morgan fingerprint density at radius 1 is 1.29 bits per heavy atom. The van der Waals surface area contributed by atoms with Gasteiger partial charge < -0.3 is 34.0 Å². The van der Waals surface area contributed by atoms with E-state index < -0.39 is 26.9 Å². The van der Waals surface area contributed by atoms with Gasteiger partial charge in [-0.25, -0.2) is 15.0 Å². The van der Waals surface area contributed by atoms with Crippen molar-refractivity contribution in [2.45, 2.75) is 10.6 Å². The van der Waals surface area contributed by atoms with Crippen molar-refractivity contribution in [3.8, 4) is 0 Å². The van der Waals surface area contributed by atoms with E-state index in [9.17, 15) is 23.5 Å². The van der Waals surface area contributed by atoms with E-state index in [1.165, 1.54) is 12.7 Å². The van der Waals surface area contributed by atoms with Gasteiger partial charge in [-0.2, -0.15) is 0 Å². The van der Waals surface area contributed by atoms with E-state index in [-0.39, 0.29) is 19.0 Å². The number of aromatic nitrogens is 4. The molecule has 4 N–H and O–H groups in total. The van der Waals surface area contributed by atoms with Gasteiger partial charge in [0.2, 0.25) is 0 Å². The molecule has 11 nitrogen and oxygen atoms in total. The maximum absolute atomic E-state index is 11.7. The van der Waals surface area contributed by atoms with Crippen LogP contribution in [0.4, 0.5) is 5.82 Å². The maximum Gasteiger partial charge on any atom is 0.379 e. The summed E-state index contributed by atoms with van der Waals surface area (Å²) in [5.74, 6) is 0.209. The molecule has 0 saturated carbocycles. The van der Waals surface area contributed by atoms with Crippen molar-refractivity contribution in [2.75, 3.05) is 12.3 Å². The highest BCUT2D eigenvalue weighted by molar-refractivity contribution is 8.61. The van der Waals surface area contributed by atoms with Crippen molar-refractivity contribution >= 4 is 62.7 Å². The average Bonchev–Trinajstić information content (AvgIpc) is 2.91. The number of fused-ring (bicyclic) bond motifs is 1. The van der Waals surface area contributed by atoms with Crippen LogP contribution in [0.3, 0.4) is 0 Å². The van der Waals surface area contributed by atoms with E-state index >= 15 is 0 Å². The number of anilines is 1. The topological polar surface area (TPSA) is 171 Å². The molecule has 16 heteroatoms. The Labute approximate surface area is 146 Å². The summed E-state index contributed by atoms with van der Waals surface area (Å²) < 4.78 is 38.3. The van der Waals surface area contributed by atoms with Gasteiger partial charge in [0.15, 0.2) is 11.5 Å². The van der Waals surface area contributed by atoms with Crippen molar-refractivity contribution in [3.63, 3.8) is 0 Å². The number of nitrogens with two attached hydrogens (primary N) is 1. The summed E-state index contributed by atoms with van der Waals surface area (Å²) in [6.07, 6.45) is 2.71. The lowest BCUT2D eigenvalue weighted by Gasteiger charge is -2.29. The van der Waals surface area contributed by atoms with Crippen LogP contribution in [0, 0.1) is 0 Å². The molecule has 2 unspecified atom stereocenters. The van der Waals surface area contributed by atoms with Crippen molar-refractivity contribution in [1.82, 2.24) is 19.5 Å². The van der Waals surface area contributed by atoms with Gasteiger partial charge in [0.25, 0.3) is 4.01 Å². The van der Waals surface area contributed by atoms with Crippen molar-refractivity contribution in [1.29, 1.82) is 0 Å². The largest absolute Gasteiger partial charge is 0.382 e. The fourth-order valence-corrected chi connectivity index (χ4v) is 11.0. The molecule has 0 aliphatic rings. The zero-order valence-electron chi connectivity index (χ0n) is 11.9. The molecule has 2 aromatic heterocycles. The minimum absolute atomic E-state index is 0.151. The van der Waals surface area contributed by atoms with Crippen molar-refractivity contribution < 1.29 is 28.2 Å². The number of imidazole rings is 1. The van der Waals surface area contributed by atoms with Crippen LogP contribution in [0.2, 0.25) is 0 Å². The number of nitrogen functional groups attached to an aromatic ring is 1.